The van der Waals surface area contributed by atoms with Gasteiger partial charge in [-0.05, 0) is 27.7 Å². The van der Waals surface area contributed by atoms with E-state index in [1.165, 1.54) is 11.3 Å². The number of carbonyl (C=O) groups excluding carboxylic acids is 2. The normalized spacial score (nSPS) is 10.8. The summed E-state index contributed by atoms with van der Waals surface area (Å²) in [6.45, 7) is 7.81. The van der Waals surface area contributed by atoms with Gasteiger partial charge in [0.1, 0.15) is 0 Å². The molecule has 0 unspecified atom stereocenters. The van der Waals surface area contributed by atoms with Crippen LogP contribution in [0.2, 0.25) is 0 Å². The number of fused-ring (bicyclic) bond motifs is 1. The lowest BCUT2D eigenvalue weighted by molar-refractivity contribution is 0.0518. The third kappa shape index (κ3) is 2.31. The van der Waals surface area contributed by atoms with E-state index in [-0.39, 0.29) is 11.9 Å². The first kappa shape index (κ1) is 14.6. The van der Waals surface area contributed by atoms with Gasteiger partial charge in [0.05, 0.1) is 34.6 Å². The minimum Gasteiger partial charge on any atom is -0.462 e. The van der Waals surface area contributed by atoms with Gasteiger partial charge in [-0.1, -0.05) is 0 Å². The number of ether oxygens (including phenoxy) is 2. The molecular weight excluding hydrogens is 278 g/mol. The molecule has 0 saturated heterocycles. The molecule has 0 spiro atoms. The van der Waals surface area contributed by atoms with Crippen molar-refractivity contribution in [3.8, 4) is 0 Å². The van der Waals surface area contributed by atoms with Crippen molar-refractivity contribution in [2.75, 3.05) is 13.2 Å². The Morgan fingerprint density at radius 1 is 1.05 bits per heavy atom. The first-order valence-electron chi connectivity index (χ1n) is 6.47. The summed E-state index contributed by atoms with van der Waals surface area (Å²) in [7, 11) is 0. The van der Waals surface area contributed by atoms with Gasteiger partial charge in [0, 0.05) is 10.6 Å². The second-order valence-electron chi connectivity index (χ2n) is 4.30. The monoisotopic (exact) mass is 295 g/mol. The van der Waals surface area contributed by atoms with Gasteiger partial charge in [-0.25, -0.2) is 9.59 Å². The zero-order valence-electron chi connectivity index (χ0n) is 12.0. The average Bonchev–Trinajstić information content (AvgIpc) is 2.82. The number of hydrogen-bond acceptors (Lipinski definition) is 5. The SMILES string of the molecule is CCOC(=O)c1c(C)sc2c(C(=O)OCC)c(C)[nH]c12. The Balaban J connectivity index is 2.59. The van der Waals surface area contributed by atoms with Crippen LogP contribution in [0, 0.1) is 13.8 Å². The fourth-order valence-corrected chi connectivity index (χ4v) is 3.35. The van der Waals surface area contributed by atoms with Gasteiger partial charge < -0.3 is 14.5 Å². The predicted octanol–water partition coefficient (Wildman–Crippen LogP) is 3.20. The molecule has 0 aliphatic carbocycles. The molecule has 0 bridgehead atoms. The Labute approximate surface area is 120 Å². The highest BCUT2D eigenvalue weighted by Gasteiger charge is 2.25. The van der Waals surface area contributed by atoms with Crippen LogP contribution in [0.5, 0.6) is 0 Å². The molecule has 5 nitrogen and oxygen atoms in total. The number of aromatic nitrogens is 1. The fraction of sp³-hybridized carbons (Fsp3) is 0.429. The molecule has 0 radical (unpaired) electrons. The Hall–Kier alpha value is -1.82. The maximum Gasteiger partial charge on any atom is 0.341 e. The van der Waals surface area contributed by atoms with E-state index in [9.17, 15) is 9.59 Å². The van der Waals surface area contributed by atoms with Crippen LogP contribution in [0.3, 0.4) is 0 Å². The maximum atomic E-state index is 12.0. The summed E-state index contributed by atoms with van der Waals surface area (Å²) in [5, 5.41) is 0. The summed E-state index contributed by atoms with van der Waals surface area (Å²) in [6.07, 6.45) is 0. The summed E-state index contributed by atoms with van der Waals surface area (Å²) in [5.74, 6) is -0.735. The highest BCUT2D eigenvalue weighted by Crippen LogP contribution is 2.35. The number of nitrogens with one attached hydrogen (secondary N) is 1. The maximum absolute atomic E-state index is 12.0. The topological polar surface area (TPSA) is 68.4 Å². The number of thiophene rings is 1. The van der Waals surface area contributed by atoms with Crippen LogP contribution in [0.15, 0.2) is 0 Å². The van der Waals surface area contributed by atoms with Crippen LogP contribution in [-0.4, -0.2) is 30.1 Å². The Morgan fingerprint density at radius 3 is 2.15 bits per heavy atom. The summed E-state index contributed by atoms with van der Waals surface area (Å²) < 4.78 is 10.9. The molecule has 0 aromatic carbocycles. The van der Waals surface area contributed by atoms with Crippen molar-refractivity contribution in [1.82, 2.24) is 4.98 Å². The van der Waals surface area contributed by atoms with Crippen molar-refractivity contribution in [1.29, 1.82) is 0 Å². The van der Waals surface area contributed by atoms with Gasteiger partial charge in [0.2, 0.25) is 0 Å². The van der Waals surface area contributed by atoms with Crippen molar-refractivity contribution in [2.45, 2.75) is 27.7 Å². The highest BCUT2D eigenvalue weighted by atomic mass is 32.1. The lowest BCUT2D eigenvalue weighted by Crippen LogP contribution is -2.05. The number of H-pyrrole nitrogens is 1. The summed E-state index contributed by atoms with van der Waals surface area (Å²) in [6, 6.07) is 0. The first-order chi connectivity index (χ1) is 9.51. The fourth-order valence-electron chi connectivity index (χ4n) is 2.16. The molecule has 0 fully saturated rings. The van der Waals surface area contributed by atoms with Crippen LogP contribution in [0.1, 0.15) is 45.1 Å². The summed E-state index contributed by atoms with van der Waals surface area (Å²) in [4.78, 5) is 27.9. The first-order valence-corrected chi connectivity index (χ1v) is 7.28. The Morgan fingerprint density at radius 2 is 1.60 bits per heavy atom. The lowest BCUT2D eigenvalue weighted by Gasteiger charge is -2.01. The average molecular weight is 295 g/mol. The standard InChI is InChI=1S/C14H17NO4S/c1-5-18-13(16)9-7(3)15-11-10(14(17)19-6-2)8(4)20-12(9)11/h15H,5-6H2,1-4H3. The second kappa shape index (κ2) is 5.66. The highest BCUT2D eigenvalue weighted by molar-refractivity contribution is 7.19. The third-order valence-electron chi connectivity index (χ3n) is 2.96. The minimum atomic E-state index is -0.368. The molecule has 108 valence electrons. The van der Waals surface area contributed by atoms with E-state index < -0.39 is 0 Å². The van der Waals surface area contributed by atoms with Crippen molar-refractivity contribution in [3.63, 3.8) is 0 Å². The molecule has 0 aliphatic heterocycles. The van der Waals surface area contributed by atoms with E-state index in [1.807, 2.05) is 6.92 Å². The smallest absolute Gasteiger partial charge is 0.341 e. The van der Waals surface area contributed by atoms with Crippen LogP contribution in [0.25, 0.3) is 10.2 Å². The minimum absolute atomic E-state index is 0.319. The molecule has 2 heterocycles. The van der Waals surface area contributed by atoms with Crippen LogP contribution >= 0.6 is 11.3 Å². The summed E-state index contributed by atoms with van der Waals surface area (Å²) >= 11 is 1.40. The van der Waals surface area contributed by atoms with E-state index in [2.05, 4.69) is 4.98 Å². The molecule has 0 amide bonds. The van der Waals surface area contributed by atoms with Gasteiger partial charge >= 0.3 is 11.9 Å². The number of aromatic amines is 1. The van der Waals surface area contributed by atoms with E-state index in [1.54, 1.807) is 20.8 Å². The largest absolute Gasteiger partial charge is 0.462 e. The van der Waals surface area contributed by atoms with E-state index in [0.717, 1.165) is 9.58 Å². The van der Waals surface area contributed by atoms with Gasteiger partial charge in [-0.15, -0.1) is 11.3 Å². The zero-order chi connectivity index (χ0) is 14.9. The van der Waals surface area contributed by atoms with Gasteiger partial charge in [0.25, 0.3) is 0 Å². The van der Waals surface area contributed by atoms with Crippen LogP contribution in [-0.2, 0) is 9.47 Å². The number of esters is 2. The Bertz CT molecular complexity index is 610. The molecular formula is C14H17NO4S. The van der Waals surface area contributed by atoms with Crippen molar-refractivity contribution < 1.29 is 19.1 Å². The molecule has 2 aromatic heterocycles. The molecule has 0 aliphatic rings. The summed E-state index contributed by atoms with van der Waals surface area (Å²) in [5.41, 5.74) is 2.37. The molecule has 2 aromatic rings. The van der Waals surface area contributed by atoms with E-state index >= 15 is 0 Å². The van der Waals surface area contributed by atoms with Crippen molar-refractivity contribution in [3.05, 3.63) is 21.7 Å². The predicted molar refractivity (Wildman–Crippen MR) is 77.6 cm³/mol. The molecule has 20 heavy (non-hydrogen) atoms. The van der Waals surface area contributed by atoms with Crippen LogP contribution in [0.4, 0.5) is 0 Å². The second-order valence-corrected chi connectivity index (χ2v) is 5.53. The van der Waals surface area contributed by atoms with E-state index in [0.29, 0.717) is 35.6 Å². The van der Waals surface area contributed by atoms with Gasteiger partial charge in [-0.3, -0.25) is 0 Å². The molecule has 0 saturated carbocycles. The lowest BCUT2D eigenvalue weighted by atomic mass is 10.2. The zero-order valence-corrected chi connectivity index (χ0v) is 12.8. The van der Waals surface area contributed by atoms with Gasteiger partial charge in [-0.2, -0.15) is 0 Å². The number of hydrogen-bond donors (Lipinski definition) is 1. The molecule has 6 heteroatoms. The number of aryl methyl sites for hydroxylation is 2. The van der Waals surface area contributed by atoms with Gasteiger partial charge in [0.15, 0.2) is 0 Å². The Kier molecular flexibility index (Phi) is 4.13. The molecule has 1 N–H and O–H groups in total. The third-order valence-corrected chi connectivity index (χ3v) is 4.08. The van der Waals surface area contributed by atoms with Crippen molar-refractivity contribution >= 4 is 33.5 Å². The van der Waals surface area contributed by atoms with Crippen molar-refractivity contribution in [2.24, 2.45) is 0 Å². The van der Waals surface area contributed by atoms with Crippen LogP contribution < -0.4 is 0 Å². The number of carbonyl (C=O) groups is 2. The molecule has 0 atom stereocenters. The number of rotatable bonds is 4. The molecule has 2 rings (SSSR count). The quantitative estimate of drug-likeness (QED) is 0.879. The van der Waals surface area contributed by atoms with E-state index in [4.69, 9.17) is 9.47 Å².